The highest BCUT2D eigenvalue weighted by atomic mass is 35.5. The SMILES string of the molecule is CN(Cc1ccc(Cl)s1)C(=O)CN1CCCNc2ccccc21. The first-order valence-corrected chi connectivity index (χ1v) is 8.89. The van der Waals surface area contributed by atoms with Gasteiger partial charge in [0.05, 0.1) is 28.8 Å². The van der Waals surface area contributed by atoms with Crippen LogP contribution < -0.4 is 10.2 Å². The number of benzene rings is 1. The first kappa shape index (κ1) is 16.1. The van der Waals surface area contributed by atoms with E-state index in [9.17, 15) is 4.79 Å². The highest BCUT2D eigenvalue weighted by Crippen LogP contribution is 2.28. The topological polar surface area (TPSA) is 35.6 Å². The number of carbonyl (C=O) groups is 1. The minimum absolute atomic E-state index is 0.117. The van der Waals surface area contributed by atoms with E-state index in [1.54, 1.807) is 4.90 Å². The lowest BCUT2D eigenvalue weighted by atomic mass is 10.2. The van der Waals surface area contributed by atoms with Crippen LogP contribution in [-0.4, -0.2) is 37.5 Å². The fraction of sp³-hybridized carbons (Fsp3) is 0.353. The maximum absolute atomic E-state index is 12.6. The Morgan fingerprint density at radius 3 is 2.96 bits per heavy atom. The van der Waals surface area contributed by atoms with E-state index < -0.39 is 0 Å². The van der Waals surface area contributed by atoms with Crippen molar-refractivity contribution in [1.29, 1.82) is 0 Å². The normalized spacial score (nSPS) is 13.9. The van der Waals surface area contributed by atoms with Crippen molar-refractivity contribution in [1.82, 2.24) is 4.90 Å². The average Bonchev–Trinajstić information content (AvgIpc) is 2.84. The third-order valence-electron chi connectivity index (χ3n) is 3.94. The van der Waals surface area contributed by atoms with E-state index in [0.717, 1.165) is 40.1 Å². The Labute approximate surface area is 145 Å². The molecule has 4 nitrogen and oxygen atoms in total. The molecule has 0 saturated heterocycles. The van der Waals surface area contributed by atoms with Crippen LogP contribution in [0, 0.1) is 0 Å². The molecule has 1 aliphatic heterocycles. The molecule has 0 radical (unpaired) electrons. The molecular weight excluding hydrogens is 330 g/mol. The number of hydrogen-bond acceptors (Lipinski definition) is 4. The summed E-state index contributed by atoms with van der Waals surface area (Å²) in [6.45, 7) is 2.82. The van der Waals surface area contributed by atoms with E-state index in [1.165, 1.54) is 11.3 Å². The van der Waals surface area contributed by atoms with Gasteiger partial charge >= 0.3 is 0 Å². The quantitative estimate of drug-likeness (QED) is 0.914. The van der Waals surface area contributed by atoms with Gasteiger partial charge in [-0.1, -0.05) is 23.7 Å². The molecule has 2 aromatic rings. The van der Waals surface area contributed by atoms with Crippen molar-refractivity contribution in [2.45, 2.75) is 13.0 Å². The van der Waals surface area contributed by atoms with Crippen LogP contribution >= 0.6 is 22.9 Å². The molecule has 1 aromatic heterocycles. The number of para-hydroxylation sites is 2. The molecule has 122 valence electrons. The van der Waals surface area contributed by atoms with Crippen LogP contribution in [0.4, 0.5) is 11.4 Å². The second-order valence-corrected chi connectivity index (χ2v) is 7.47. The molecule has 1 aromatic carbocycles. The number of amides is 1. The van der Waals surface area contributed by atoms with Gasteiger partial charge in [-0.05, 0) is 30.7 Å². The Morgan fingerprint density at radius 1 is 1.35 bits per heavy atom. The summed E-state index contributed by atoms with van der Waals surface area (Å²) in [5.74, 6) is 0.117. The maximum atomic E-state index is 12.6. The Bertz CT molecular complexity index is 688. The summed E-state index contributed by atoms with van der Waals surface area (Å²) in [5, 5.41) is 3.42. The van der Waals surface area contributed by atoms with Crippen molar-refractivity contribution >= 4 is 40.2 Å². The van der Waals surface area contributed by atoms with E-state index in [0.29, 0.717) is 13.1 Å². The fourth-order valence-electron chi connectivity index (χ4n) is 2.72. The van der Waals surface area contributed by atoms with Crippen LogP contribution in [0.2, 0.25) is 4.34 Å². The predicted octanol–water partition coefficient (Wildman–Crippen LogP) is 3.68. The number of anilines is 2. The minimum Gasteiger partial charge on any atom is -0.383 e. The predicted molar refractivity (Wildman–Crippen MR) is 97.6 cm³/mol. The molecule has 0 saturated carbocycles. The highest BCUT2D eigenvalue weighted by Gasteiger charge is 2.19. The number of nitrogens with one attached hydrogen (secondary N) is 1. The number of carbonyl (C=O) groups excluding carboxylic acids is 1. The first-order valence-electron chi connectivity index (χ1n) is 7.69. The van der Waals surface area contributed by atoms with Crippen molar-refractivity contribution in [3.63, 3.8) is 0 Å². The van der Waals surface area contributed by atoms with Crippen molar-refractivity contribution in [3.05, 3.63) is 45.6 Å². The van der Waals surface area contributed by atoms with E-state index in [-0.39, 0.29) is 5.91 Å². The zero-order valence-corrected chi connectivity index (χ0v) is 14.7. The number of thiophene rings is 1. The lowest BCUT2D eigenvalue weighted by Gasteiger charge is -2.26. The number of nitrogens with zero attached hydrogens (tertiary/aromatic N) is 2. The Kier molecular flexibility index (Phi) is 5.08. The number of fused-ring (bicyclic) bond motifs is 1. The van der Waals surface area contributed by atoms with Gasteiger partial charge in [-0.25, -0.2) is 0 Å². The van der Waals surface area contributed by atoms with Crippen LogP contribution in [0.1, 0.15) is 11.3 Å². The van der Waals surface area contributed by atoms with Gasteiger partial charge in [0.2, 0.25) is 5.91 Å². The van der Waals surface area contributed by atoms with Crippen molar-refractivity contribution in [2.24, 2.45) is 0 Å². The van der Waals surface area contributed by atoms with E-state index in [1.807, 2.05) is 31.3 Å². The van der Waals surface area contributed by atoms with Gasteiger partial charge in [0.15, 0.2) is 0 Å². The van der Waals surface area contributed by atoms with Gasteiger partial charge in [0.1, 0.15) is 0 Å². The zero-order chi connectivity index (χ0) is 16.2. The molecule has 6 heteroatoms. The third kappa shape index (κ3) is 3.98. The van der Waals surface area contributed by atoms with Gasteiger partial charge in [0.25, 0.3) is 0 Å². The van der Waals surface area contributed by atoms with Gasteiger partial charge in [-0.3, -0.25) is 4.79 Å². The number of hydrogen-bond donors (Lipinski definition) is 1. The van der Waals surface area contributed by atoms with Crippen molar-refractivity contribution in [2.75, 3.05) is 36.9 Å². The second kappa shape index (κ2) is 7.23. The summed E-state index contributed by atoms with van der Waals surface area (Å²) in [5.41, 5.74) is 2.21. The maximum Gasteiger partial charge on any atom is 0.242 e. The summed E-state index contributed by atoms with van der Waals surface area (Å²) < 4.78 is 0.758. The molecule has 0 bridgehead atoms. The number of halogens is 1. The van der Waals surface area contributed by atoms with Crippen LogP contribution in [0.3, 0.4) is 0 Å². The summed E-state index contributed by atoms with van der Waals surface area (Å²) in [4.78, 5) is 17.6. The molecule has 0 aliphatic carbocycles. The molecule has 23 heavy (non-hydrogen) atoms. The summed E-state index contributed by atoms with van der Waals surface area (Å²) in [6, 6.07) is 12.0. The Hall–Kier alpha value is -1.72. The van der Waals surface area contributed by atoms with Crippen LogP contribution in [0.5, 0.6) is 0 Å². The molecule has 1 amide bonds. The molecule has 1 N–H and O–H groups in total. The van der Waals surface area contributed by atoms with Crippen LogP contribution in [-0.2, 0) is 11.3 Å². The van der Waals surface area contributed by atoms with E-state index >= 15 is 0 Å². The Morgan fingerprint density at radius 2 is 2.17 bits per heavy atom. The lowest BCUT2D eigenvalue weighted by molar-refractivity contribution is -0.128. The molecular formula is C17H20ClN3OS. The lowest BCUT2D eigenvalue weighted by Crippen LogP contribution is -2.38. The smallest absolute Gasteiger partial charge is 0.242 e. The van der Waals surface area contributed by atoms with Gasteiger partial charge in [-0.15, -0.1) is 11.3 Å². The molecule has 2 heterocycles. The first-order chi connectivity index (χ1) is 11.1. The van der Waals surface area contributed by atoms with Gasteiger partial charge in [-0.2, -0.15) is 0 Å². The van der Waals surface area contributed by atoms with Crippen LogP contribution in [0.25, 0.3) is 0 Å². The molecule has 0 fully saturated rings. The molecule has 3 rings (SSSR count). The average molecular weight is 350 g/mol. The second-order valence-electron chi connectivity index (χ2n) is 5.67. The van der Waals surface area contributed by atoms with E-state index in [4.69, 9.17) is 11.6 Å². The summed E-state index contributed by atoms with van der Waals surface area (Å²) >= 11 is 7.47. The number of rotatable bonds is 4. The van der Waals surface area contributed by atoms with E-state index in [2.05, 4.69) is 22.3 Å². The molecule has 0 unspecified atom stereocenters. The standard InChI is InChI=1S/C17H20ClN3OS/c1-20(11-13-7-8-16(18)23-13)17(22)12-21-10-4-9-19-14-5-2-3-6-15(14)21/h2-3,5-8,19H,4,9-12H2,1H3. The minimum atomic E-state index is 0.117. The zero-order valence-electron chi connectivity index (χ0n) is 13.1. The monoisotopic (exact) mass is 349 g/mol. The molecule has 0 spiro atoms. The van der Waals surface area contributed by atoms with Gasteiger partial charge < -0.3 is 15.1 Å². The van der Waals surface area contributed by atoms with Crippen molar-refractivity contribution in [3.8, 4) is 0 Å². The fourth-order valence-corrected chi connectivity index (χ4v) is 3.86. The molecule has 0 atom stereocenters. The van der Waals surface area contributed by atoms with Crippen molar-refractivity contribution < 1.29 is 4.79 Å². The highest BCUT2D eigenvalue weighted by molar-refractivity contribution is 7.16. The number of likely N-dealkylation sites (N-methyl/N-ethyl adjacent to an activating group) is 1. The third-order valence-corrected chi connectivity index (χ3v) is 5.15. The Balaban J connectivity index is 1.67. The largest absolute Gasteiger partial charge is 0.383 e. The molecule has 1 aliphatic rings. The summed E-state index contributed by atoms with van der Waals surface area (Å²) in [7, 11) is 1.85. The van der Waals surface area contributed by atoms with Gasteiger partial charge in [0, 0.05) is 25.0 Å². The van der Waals surface area contributed by atoms with Crippen LogP contribution in [0.15, 0.2) is 36.4 Å². The summed E-state index contributed by atoms with van der Waals surface area (Å²) in [6.07, 6.45) is 1.02.